The highest BCUT2D eigenvalue weighted by atomic mass is 79.9. The molecule has 1 saturated heterocycles. The van der Waals surface area contributed by atoms with Crippen molar-refractivity contribution in [2.24, 2.45) is 46.3 Å². The van der Waals surface area contributed by atoms with E-state index >= 15 is 0 Å². The van der Waals surface area contributed by atoms with Gasteiger partial charge in [-0.05, 0) is 85.9 Å². The lowest BCUT2D eigenvalue weighted by Gasteiger charge is -2.63. The highest BCUT2D eigenvalue weighted by Crippen LogP contribution is 2.73. The molecule has 33 heavy (non-hydrogen) atoms. The molecular formula is C29H47BrO3. The predicted octanol–water partition coefficient (Wildman–Crippen LogP) is 7.55. The molecule has 4 saturated carbocycles. The number of halogens is 1. The summed E-state index contributed by atoms with van der Waals surface area (Å²) in [5, 5.41) is 0. The summed E-state index contributed by atoms with van der Waals surface area (Å²) >= 11 is 4.29. The van der Waals surface area contributed by atoms with E-state index in [1.807, 2.05) is 0 Å². The Morgan fingerprint density at radius 3 is 2.61 bits per heavy atom. The Hall–Kier alpha value is -0.0900. The molecule has 0 amide bonds. The van der Waals surface area contributed by atoms with Crippen molar-refractivity contribution in [3.8, 4) is 0 Å². The molecule has 3 nitrogen and oxygen atoms in total. The van der Waals surface area contributed by atoms with Crippen LogP contribution in [0.4, 0.5) is 0 Å². The SMILES string of the molecule is CC(=O)O[C@H]1CC[C@]23CO[C@H](C[C@H]4[C@H]5CC[C@@H]([C@@H](C)CCCC(C)C)[C@@]5(C)CC[C@H]42)[C@]3(Br)C1. The molecule has 188 valence electrons. The molecular weight excluding hydrogens is 476 g/mol. The highest BCUT2D eigenvalue weighted by molar-refractivity contribution is 9.10. The van der Waals surface area contributed by atoms with Gasteiger partial charge in [-0.15, -0.1) is 0 Å². The smallest absolute Gasteiger partial charge is 0.302 e. The van der Waals surface area contributed by atoms with E-state index in [9.17, 15) is 4.79 Å². The second kappa shape index (κ2) is 8.79. The number of hydrogen-bond acceptors (Lipinski definition) is 3. The molecule has 0 N–H and O–H groups in total. The van der Waals surface area contributed by atoms with Gasteiger partial charge in [0.2, 0.25) is 0 Å². The van der Waals surface area contributed by atoms with Gasteiger partial charge in [0.25, 0.3) is 0 Å². The summed E-state index contributed by atoms with van der Waals surface area (Å²) < 4.78 is 12.3. The highest BCUT2D eigenvalue weighted by Gasteiger charge is 2.72. The van der Waals surface area contributed by atoms with Crippen molar-refractivity contribution in [1.29, 1.82) is 0 Å². The molecule has 0 aromatic carbocycles. The summed E-state index contributed by atoms with van der Waals surface area (Å²) in [6, 6.07) is 0. The number of fused-ring (bicyclic) bond motifs is 3. The molecule has 0 unspecified atom stereocenters. The van der Waals surface area contributed by atoms with Crippen LogP contribution in [-0.4, -0.2) is 29.1 Å². The molecule has 2 bridgehead atoms. The summed E-state index contributed by atoms with van der Waals surface area (Å²) in [4.78, 5) is 11.7. The Balaban J connectivity index is 1.34. The third-order valence-corrected chi connectivity index (χ3v) is 13.1. The Morgan fingerprint density at radius 2 is 1.88 bits per heavy atom. The Kier molecular flexibility index (Phi) is 6.55. The van der Waals surface area contributed by atoms with Gasteiger partial charge in [-0.2, -0.15) is 0 Å². The molecule has 4 heteroatoms. The van der Waals surface area contributed by atoms with Crippen LogP contribution in [0, 0.1) is 46.3 Å². The first-order valence-electron chi connectivity index (χ1n) is 14.1. The third-order valence-electron chi connectivity index (χ3n) is 11.5. The standard InChI is InChI=1S/C29H47BrO3/c1-18(2)7-6-8-19(3)23-9-10-24-22-15-26-29(30)16-21(33-20(4)31)11-14-28(29,17-32-26)25(22)12-13-27(23,24)5/h18-19,21-26H,6-17H2,1-5H3/t19-,21-,22-,23-,24+,25+,26+,27+,28-,29+/m0/s1. The monoisotopic (exact) mass is 522 g/mol. The molecule has 5 aliphatic rings. The minimum Gasteiger partial charge on any atom is -0.463 e. The third kappa shape index (κ3) is 3.78. The van der Waals surface area contributed by atoms with Gasteiger partial charge in [0.1, 0.15) is 6.10 Å². The number of alkyl halides is 1. The topological polar surface area (TPSA) is 35.5 Å². The lowest BCUT2D eigenvalue weighted by atomic mass is 9.44. The summed E-state index contributed by atoms with van der Waals surface area (Å²) in [5.74, 6) is 4.92. The second-order valence-corrected chi connectivity index (χ2v) is 14.9. The fourth-order valence-corrected chi connectivity index (χ4v) is 11.3. The lowest BCUT2D eigenvalue weighted by molar-refractivity contribution is -0.154. The van der Waals surface area contributed by atoms with Gasteiger partial charge < -0.3 is 9.47 Å². The molecule has 0 aromatic heterocycles. The lowest BCUT2D eigenvalue weighted by Crippen LogP contribution is -2.63. The minimum absolute atomic E-state index is 0.00455. The summed E-state index contributed by atoms with van der Waals surface area (Å²) in [6.07, 6.45) is 14.5. The van der Waals surface area contributed by atoms with Gasteiger partial charge in [-0.1, -0.05) is 62.9 Å². The van der Waals surface area contributed by atoms with Crippen LogP contribution in [0.1, 0.15) is 105 Å². The quantitative estimate of drug-likeness (QED) is 0.266. The molecule has 1 aliphatic heterocycles. The first kappa shape index (κ1) is 24.6. The Labute approximate surface area is 210 Å². The number of carbonyl (C=O) groups is 1. The molecule has 1 heterocycles. The van der Waals surface area contributed by atoms with Crippen LogP contribution < -0.4 is 0 Å². The number of esters is 1. The van der Waals surface area contributed by atoms with Crippen molar-refractivity contribution in [3.05, 3.63) is 0 Å². The largest absolute Gasteiger partial charge is 0.463 e. The van der Waals surface area contributed by atoms with Crippen LogP contribution in [-0.2, 0) is 14.3 Å². The van der Waals surface area contributed by atoms with Gasteiger partial charge in [-0.25, -0.2) is 0 Å². The van der Waals surface area contributed by atoms with E-state index in [1.54, 1.807) is 6.92 Å². The predicted molar refractivity (Wildman–Crippen MR) is 136 cm³/mol. The van der Waals surface area contributed by atoms with Crippen molar-refractivity contribution in [2.75, 3.05) is 6.61 Å². The minimum atomic E-state index is -0.137. The van der Waals surface area contributed by atoms with Crippen LogP contribution in [0.2, 0.25) is 0 Å². The number of hydrogen-bond donors (Lipinski definition) is 0. The van der Waals surface area contributed by atoms with Crippen LogP contribution >= 0.6 is 15.9 Å². The van der Waals surface area contributed by atoms with E-state index in [1.165, 1.54) is 51.4 Å². The molecule has 0 radical (unpaired) electrons. The maximum absolute atomic E-state index is 11.7. The van der Waals surface area contributed by atoms with Gasteiger partial charge in [0.05, 0.1) is 17.0 Å². The van der Waals surface area contributed by atoms with Crippen LogP contribution in [0.25, 0.3) is 0 Å². The fraction of sp³-hybridized carbons (Fsp3) is 0.966. The van der Waals surface area contributed by atoms with Crippen molar-refractivity contribution in [2.45, 2.75) is 122 Å². The summed E-state index contributed by atoms with van der Waals surface area (Å²) in [6.45, 7) is 12.4. The maximum atomic E-state index is 11.7. The van der Waals surface area contributed by atoms with E-state index < -0.39 is 0 Å². The van der Waals surface area contributed by atoms with Gasteiger partial charge in [-0.3, -0.25) is 4.79 Å². The van der Waals surface area contributed by atoms with Gasteiger partial charge in [0.15, 0.2) is 0 Å². The van der Waals surface area contributed by atoms with Crippen molar-refractivity contribution in [1.82, 2.24) is 0 Å². The molecule has 4 aliphatic carbocycles. The first-order chi connectivity index (χ1) is 15.6. The molecule has 10 atom stereocenters. The van der Waals surface area contributed by atoms with E-state index in [-0.39, 0.29) is 27.9 Å². The summed E-state index contributed by atoms with van der Waals surface area (Å²) in [5.41, 5.74) is 0.759. The van der Waals surface area contributed by atoms with E-state index in [2.05, 4.69) is 43.6 Å². The normalized spacial score (nSPS) is 49.3. The zero-order chi connectivity index (χ0) is 23.6. The number of rotatable bonds is 6. The molecule has 5 rings (SSSR count). The van der Waals surface area contributed by atoms with Crippen LogP contribution in [0.5, 0.6) is 0 Å². The molecule has 0 spiro atoms. The zero-order valence-corrected chi connectivity index (χ0v) is 23.3. The van der Waals surface area contributed by atoms with Crippen LogP contribution in [0.3, 0.4) is 0 Å². The van der Waals surface area contributed by atoms with Crippen LogP contribution in [0.15, 0.2) is 0 Å². The van der Waals surface area contributed by atoms with Crippen molar-refractivity contribution in [3.63, 3.8) is 0 Å². The summed E-state index contributed by atoms with van der Waals surface area (Å²) in [7, 11) is 0. The zero-order valence-electron chi connectivity index (χ0n) is 21.7. The number of ether oxygens (including phenoxy) is 2. The van der Waals surface area contributed by atoms with Gasteiger partial charge in [0, 0.05) is 18.8 Å². The Bertz CT molecular complexity index is 753. The van der Waals surface area contributed by atoms with Crippen molar-refractivity contribution < 1.29 is 14.3 Å². The molecule has 0 aromatic rings. The van der Waals surface area contributed by atoms with Gasteiger partial charge >= 0.3 is 5.97 Å². The van der Waals surface area contributed by atoms with E-state index in [0.717, 1.165) is 61.4 Å². The van der Waals surface area contributed by atoms with E-state index in [0.29, 0.717) is 5.41 Å². The first-order valence-corrected chi connectivity index (χ1v) is 14.9. The fourth-order valence-electron chi connectivity index (χ4n) is 10.1. The average molecular weight is 524 g/mol. The maximum Gasteiger partial charge on any atom is 0.302 e. The van der Waals surface area contributed by atoms with E-state index in [4.69, 9.17) is 9.47 Å². The number of carbonyl (C=O) groups excluding carboxylic acids is 1. The molecule has 5 fully saturated rings. The van der Waals surface area contributed by atoms with Crippen molar-refractivity contribution >= 4 is 21.9 Å². The average Bonchev–Trinajstić information content (AvgIpc) is 3.16. The second-order valence-electron chi connectivity index (χ2n) is 13.4. The Morgan fingerprint density at radius 1 is 1.09 bits per heavy atom.